The second kappa shape index (κ2) is 6.87. The number of barbiturate groups is 1. The molecule has 0 unspecified atom stereocenters. The van der Waals surface area contributed by atoms with Gasteiger partial charge in [0, 0.05) is 0 Å². The van der Waals surface area contributed by atoms with Crippen LogP contribution in [0.15, 0.2) is 40.5 Å². The molecule has 7 heteroatoms. The number of aryl methyl sites for hydroxylation is 2. The monoisotopic (exact) mass is 354 g/mol. The molecule has 0 aliphatic carbocycles. The average molecular weight is 354 g/mol. The third kappa shape index (κ3) is 3.23. The number of carbonyl (C=O) groups is 3. The first-order valence-corrected chi connectivity index (χ1v) is 7.97. The first kappa shape index (κ1) is 17.5. The summed E-state index contributed by atoms with van der Waals surface area (Å²) in [6.07, 6.45) is 2.94. The Morgan fingerprint density at radius 2 is 1.96 bits per heavy atom. The van der Waals surface area contributed by atoms with Gasteiger partial charge in [-0.05, 0) is 60.9 Å². The summed E-state index contributed by atoms with van der Waals surface area (Å²) in [6, 6.07) is 6.20. The lowest BCUT2D eigenvalue weighted by molar-refractivity contribution is -0.130. The predicted octanol–water partition coefficient (Wildman–Crippen LogP) is 2.57. The Morgan fingerprint density at radius 3 is 2.62 bits per heavy atom. The minimum Gasteiger partial charge on any atom is -0.496 e. The maximum absolute atomic E-state index is 12.7. The van der Waals surface area contributed by atoms with E-state index in [2.05, 4.69) is 5.32 Å². The van der Waals surface area contributed by atoms with E-state index in [4.69, 9.17) is 9.15 Å². The summed E-state index contributed by atoms with van der Waals surface area (Å²) in [5.41, 5.74) is 2.31. The zero-order valence-corrected chi connectivity index (χ0v) is 14.7. The van der Waals surface area contributed by atoms with Crippen molar-refractivity contribution in [3.8, 4) is 5.75 Å². The molecule has 7 nitrogen and oxygen atoms in total. The second-order valence-electron chi connectivity index (χ2n) is 5.97. The Morgan fingerprint density at radius 1 is 1.19 bits per heavy atom. The van der Waals surface area contributed by atoms with E-state index >= 15 is 0 Å². The number of carbonyl (C=O) groups excluding carboxylic acids is 3. The zero-order chi connectivity index (χ0) is 18.8. The largest absolute Gasteiger partial charge is 0.496 e. The van der Waals surface area contributed by atoms with Gasteiger partial charge in [-0.1, -0.05) is 0 Å². The molecule has 0 radical (unpaired) electrons. The fourth-order valence-corrected chi connectivity index (χ4v) is 2.74. The van der Waals surface area contributed by atoms with E-state index in [-0.39, 0.29) is 12.1 Å². The van der Waals surface area contributed by atoms with Gasteiger partial charge in [0.1, 0.15) is 17.1 Å². The molecular formula is C19H18N2O5. The summed E-state index contributed by atoms with van der Waals surface area (Å²) in [5, 5.41) is 2.19. The van der Waals surface area contributed by atoms with E-state index < -0.39 is 17.8 Å². The Kier molecular flexibility index (Phi) is 4.62. The summed E-state index contributed by atoms with van der Waals surface area (Å²) in [5.74, 6) is -0.219. The smallest absolute Gasteiger partial charge is 0.331 e. The highest BCUT2D eigenvalue weighted by Gasteiger charge is 2.36. The van der Waals surface area contributed by atoms with Crippen LogP contribution in [0.25, 0.3) is 6.08 Å². The molecule has 1 aliphatic heterocycles. The number of amides is 4. The number of imide groups is 2. The number of benzene rings is 1. The van der Waals surface area contributed by atoms with Crippen molar-refractivity contribution in [2.24, 2.45) is 0 Å². The highest BCUT2D eigenvalue weighted by molar-refractivity contribution is 6.31. The number of furan rings is 1. The van der Waals surface area contributed by atoms with Gasteiger partial charge in [0.25, 0.3) is 11.8 Å². The average Bonchev–Trinajstić information content (AvgIpc) is 3.11. The van der Waals surface area contributed by atoms with Crippen molar-refractivity contribution >= 4 is 23.9 Å². The lowest BCUT2D eigenvalue weighted by atomic mass is 10.0. The van der Waals surface area contributed by atoms with Gasteiger partial charge in [-0.25, -0.2) is 4.79 Å². The Balaban J connectivity index is 1.96. The Bertz CT molecular complexity index is 912. The normalized spacial score (nSPS) is 16.2. The molecule has 26 heavy (non-hydrogen) atoms. The van der Waals surface area contributed by atoms with Crippen LogP contribution in [0.2, 0.25) is 0 Å². The molecule has 0 bridgehead atoms. The summed E-state index contributed by atoms with van der Waals surface area (Å²) in [6.45, 7) is 3.67. The van der Waals surface area contributed by atoms with Gasteiger partial charge in [0.05, 0.1) is 19.9 Å². The van der Waals surface area contributed by atoms with Crippen molar-refractivity contribution in [2.75, 3.05) is 7.11 Å². The van der Waals surface area contributed by atoms with Crippen LogP contribution in [0.3, 0.4) is 0 Å². The molecule has 0 saturated carbocycles. The molecule has 1 aliphatic rings. The lowest BCUT2D eigenvalue weighted by Gasteiger charge is -2.25. The van der Waals surface area contributed by atoms with Crippen molar-refractivity contribution in [3.63, 3.8) is 0 Å². The molecule has 3 rings (SSSR count). The van der Waals surface area contributed by atoms with Crippen LogP contribution in [-0.2, 0) is 16.1 Å². The summed E-state index contributed by atoms with van der Waals surface area (Å²) < 4.78 is 10.5. The van der Waals surface area contributed by atoms with Gasteiger partial charge in [0.2, 0.25) is 0 Å². The van der Waals surface area contributed by atoms with Crippen LogP contribution in [0.5, 0.6) is 5.75 Å². The zero-order valence-electron chi connectivity index (χ0n) is 14.7. The Labute approximate surface area is 150 Å². The van der Waals surface area contributed by atoms with Crippen molar-refractivity contribution in [1.82, 2.24) is 10.2 Å². The van der Waals surface area contributed by atoms with Crippen LogP contribution in [-0.4, -0.2) is 29.9 Å². The number of ether oxygens (including phenoxy) is 1. The fraction of sp³-hybridized carbons (Fsp3) is 0.211. The number of nitrogens with one attached hydrogen (secondary N) is 1. The summed E-state index contributed by atoms with van der Waals surface area (Å²) in [4.78, 5) is 37.9. The number of urea groups is 1. The van der Waals surface area contributed by atoms with E-state index in [1.807, 2.05) is 26.0 Å². The number of rotatable bonds is 4. The van der Waals surface area contributed by atoms with Crippen LogP contribution in [0, 0.1) is 13.8 Å². The van der Waals surface area contributed by atoms with Crippen LogP contribution in [0.4, 0.5) is 4.79 Å². The van der Waals surface area contributed by atoms with Gasteiger partial charge in [-0.3, -0.25) is 19.8 Å². The summed E-state index contributed by atoms with van der Waals surface area (Å²) in [7, 11) is 1.58. The van der Waals surface area contributed by atoms with E-state index in [1.165, 1.54) is 12.3 Å². The van der Waals surface area contributed by atoms with Crippen molar-refractivity contribution in [2.45, 2.75) is 20.4 Å². The van der Waals surface area contributed by atoms with Crippen LogP contribution in [0.1, 0.15) is 22.5 Å². The Hall–Kier alpha value is -3.35. The van der Waals surface area contributed by atoms with Crippen molar-refractivity contribution in [3.05, 3.63) is 58.6 Å². The van der Waals surface area contributed by atoms with Gasteiger partial charge >= 0.3 is 6.03 Å². The topological polar surface area (TPSA) is 88.8 Å². The lowest BCUT2D eigenvalue weighted by Crippen LogP contribution is -2.53. The van der Waals surface area contributed by atoms with E-state index in [1.54, 1.807) is 19.2 Å². The predicted molar refractivity (Wildman–Crippen MR) is 93.2 cm³/mol. The molecule has 1 N–H and O–H groups in total. The number of hydrogen-bond donors (Lipinski definition) is 1. The molecule has 2 aromatic rings. The van der Waals surface area contributed by atoms with Gasteiger partial charge in [-0.15, -0.1) is 0 Å². The minimum absolute atomic E-state index is 0.0527. The van der Waals surface area contributed by atoms with E-state index in [0.717, 1.165) is 21.8 Å². The fourth-order valence-electron chi connectivity index (χ4n) is 2.74. The SMILES string of the molecule is COc1cc(C)c(/C=C2/C(=O)NC(=O)N(Cc3ccco3)C2=O)cc1C. The molecule has 2 heterocycles. The van der Waals surface area contributed by atoms with Crippen molar-refractivity contribution < 1.29 is 23.5 Å². The molecular weight excluding hydrogens is 336 g/mol. The third-order valence-corrected chi connectivity index (χ3v) is 4.16. The second-order valence-corrected chi connectivity index (χ2v) is 5.97. The molecule has 1 aromatic heterocycles. The van der Waals surface area contributed by atoms with Gasteiger partial charge in [0.15, 0.2) is 0 Å². The van der Waals surface area contributed by atoms with Crippen molar-refractivity contribution in [1.29, 1.82) is 0 Å². The first-order chi connectivity index (χ1) is 12.4. The number of hydrogen-bond acceptors (Lipinski definition) is 5. The number of methoxy groups -OCH3 is 1. The number of nitrogens with zero attached hydrogens (tertiary/aromatic N) is 1. The molecule has 1 fully saturated rings. The molecule has 0 atom stereocenters. The minimum atomic E-state index is -0.767. The molecule has 1 aromatic carbocycles. The highest BCUT2D eigenvalue weighted by atomic mass is 16.5. The molecule has 4 amide bonds. The maximum Gasteiger partial charge on any atom is 0.331 e. The van der Waals surface area contributed by atoms with E-state index in [9.17, 15) is 14.4 Å². The molecule has 0 spiro atoms. The summed E-state index contributed by atoms with van der Waals surface area (Å²) >= 11 is 0. The first-order valence-electron chi connectivity index (χ1n) is 7.97. The van der Waals surface area contributed by atoms with Gasteiger partial charge < -0.3 is 9.15 Å². The third-order valence-electron chi connectivity index (χ3n) is 4.16. The highest BCUT2D eigenvalue weighted by Crippen LogP contribution is 2.25. The maximum atomic E-state index is 12.7. The quantitative estimate of drug-likeness (QED) is 0.673. The molecule has 134 valence electrons. The van der Waals surface area contributed by atoms with Crippen LogP contribution < -0.4 is 10.1 Å². The van der Waals surface area contributed by atoms with Gasteiger partial charge in [-0.2, -0.15) is 0 Å². The molecule has 1 saturated heterocycles. The standard InChI is InChI=1S/C19H18N2O5/c1-11-8-16(25-3)12(2)7-13(11)9-15-17(22)20-19(24)21(18(15)23)10-14-5-4-6-26-14/h4-9H,10H2,1-3H3,(H,20,22,24)/b15-9-. The van der Waals surface area contributed by atoms with Crippen LogP contribution >= 0.6 is 0 Å². The van der Waals surface area contributed by atoms with E-state index in [0.29, 0.717) is 11.3 Å².